The normalized spacial score (nSPS) is 28.1. The molecule has 5 nitrogen and oxygen atoms in total. The van der Waals surface area contributed by atoms with Crippen molar-refractivity contribution in [3.63, 3.8) is 0 Å². The van der Waals surface area contributed by atoms with Crippen molar-refractivity contribution in [1.29, 1.82) is 0 Å². The van der Waals surface area contributed by atoms with Gasteiger partial charge < -0.3 is 15.4 Å². The van der Waals surface area contributed by atoms with Crippen LogP contribution in [0.3, 0.4) is 0 Å². The monoisotopic (exact) mass is 195 g/mol. The van der Waals surface area contributed by atoms with E-state index in [-0.39, 0.29) is 5.84 Å². The number of hydrogen-bond donors (Lipinski definition) is 1. The summed E-state index contributed by atoms with van der Waals surface area (Å²) in [5.41, 5.74) is 0.913. The summed E-state index contributed by atoms with van der Waals surface area (Å²) >= 11 is 0. The van der Waals surface area contributed by atoms with Crippen molar-refractivity contribution in [3.8, 4) is 0 Å². The molecule has 0 bridgehead atoms. The zero-order valence-electron chi connectivity index (χ0n) is 8.06. The molecular formula is C9H13N3O2. The highest BCUT2D eigenvalue weighted by atomic mass is 16.6. The second-order valence-electron chi connectivity index (χ2n) is 3.09. The third-order valence-electron chi connectivity index (χ3n) is 1.77. The molecule has 5 heteroatoms. The standard InChI is InChI=1S/C9H13N3O2/c1-8-6-9(12(13)14)11-5-3-2-4-10-7-8/h3,5-6,10H,2,4,7H2,1H3/b5-3+,8-6+,11-9+. The summed E-state index contributed by atoms with van der Waals surface area (Å²) < 4.78 is 0. The van der Waals surface area contributed by atoms with Crippen LogP contribution in [0, 0.1) is 10.1 Å². The number of amidine groups is 1. The maximum absolute atomic E-state index is 10.5. The smallest absolute Gasteiger partial charge is 0.358 e. The molecule has 0 saturated carbocycles. The first-order chi connectivity index (χ1) is 6.70. The Hall–Kier alpha value is -1.49. The Bertz CT molecular complexity index is 305. The molecule has 0 aromatic heterocycles. The van der Waals surface area contributed by atoms with E-state index in [9.17, 15) is 10.1 Å². The number of nitrogens with one attached hydrogen (secondary N) is 1. The van der Waals surface area contributed by atoms with E-state index in [1.165, 1.54) is 12.3 Å². The van der Waals surface area contributed by atoms with Crippen LogP contribution in [0.5, 0.6) is 0 Å². The fourth-order valence-corrected chi connectivity index (χ4v) is 1.08. The summed E-state index contributed by atoms with van der Waals surface area (Å²) in [6, 6.07) is 0. The van der Waals surface area contributed by atoms with Crippen LogP contribution in [0.2, 0.25) is 0 Å². The minimum atomic E-state index is -0.477. The summed E-state index contributed by atoms with van der Waals surface area (Å²) in [5.74, 6) is -0.109. The van der Waals surface area contributed by atoms with Crippen LogP contribution in [-0.4, -0.2) is 23.8 Å². The molecule has 0 aromatic rings. The number of nitro groups is 1. The van der Waals surface area contributed by atoms with E-state index in [1.54, 1.807) is 0 Å². The molecule has 0 radical (unpaired) electrons. The van der Waals surface area contributed by atoms with Crippen LogP contribution in [-0.2, 0) is 0 Å². The van der Waals surface area contributed by atoms with Crippen molar-refractivity contribution in [2.24, 2.45) is 4.99 Å². The second kappa shape index (κ2) is 5.29. The predicted octanol–water partition coefficient (Wildman–Crippen LogP) is 1.11. The molecule has 0 atom stereocenters. The van der Waals surface area contributed by atoms with Gasteiger partial charge in [0.05, 0.1) is 0 Å². The molecule has 0 aliphatic carbocycles. The maximum atomic E-state index is 10.5. The first-order valence-corrected chi connectivity index (χ1v) is 4.45. The van der Waals surface area contributed by atoms with Crippen molar-refractivity contribution >= 4 is 5.84 Å². The van der Waals surface area contributed by atoms with Crippen LogP contribution in [0.4, 0.5) is 0 Å². The first kappa shape index (κ1) is 10.6. The molecule has 0 spiro atoms. The van der Waals surface area contributed by atoms with Gasteiger partial charge in [0.25, 0.3) is 0 Å². The predicted molar refractivity (Wildman–Crippen MR) is 54.8 cm³/mol. The Balaban J connectivity index is 2.88. The van der Waals surface area contributed by atoms with Crippen molar-refractivity contribution in [2.45, 2.75) is 13.3 Å². The van der Waals surface area contributed by atoms with Crippen molar-refractivity contribution in [2.75, 3.05) is 13.1 Å². The Morgan fingerprint density at radius 1 is 1.64 bits per heavy atom. The molecule has 1 N–H and O–H groups in total. The zero-order chi connectivity index (χ0) is 10.4. The fraction of sp³-hybridized carbons (Fsp3) is 0.444. The number of rotatable bonds is 0. The van der Waals surface area contributed by atoms with Gasteiger partial charge in [0.1, 0.15) is 6.20 Å². The van der Waals surface area contributed by atoms with Gasteiger partial charge in [0.15, 0.2) is 0 Å². The van der Waals surface area contributed by atoms with Crippen molar-refractivity contribution in [3.05, 3.63) is 34.0 Å². The average Bonchev–Trinajstić information content (AvgIpc) is 2.15. The first-order valence-electron chi connectivity index (χ1n) is 4.45. The lowest BCUT2D eigenvalue weighted by molar-refractivity contribution is -0.348. The molecule has 0 aromatic carbocycles. The van der Waals surface area contributed by atoms with Crippen LogP contribution in [0.1, 0.15) is 13.3 Å². The Morgan fingerprint density at radius 3 is 3.14 bits per heavy atom. The van der Waals surface area contributed by atoms with Crippen LogP contribution < -0.4 is 5.32 Å². The van der Waals surface area contributed by atoms with Crippen LogP contribution in [0.15, 0.2) is 28.9 Å². The van der Waals surface area contributed by atoms with E-state index < -0.39 is 4.92 Å². The van der Waals surface area contributed by atoms with E-state index in [0.29, 0.717) is 6.54 Å². The quantitative estimate of drug-likeness (QED) is 0.465. The Labute approximate surface area is 82.4 Å². The van der Waals surface area contributed by atoms with Gasteiger partial charge in [-0.25, -0.2) is 0 Å². The van der Waals surface area contributed by atoms with Gasteiger partial charge in [-0.15, -0.1) is 0 Å². The van der Waals surface area contributed by atoms with Gasteiger partial charge >= 0.3 is 5.84 Å². The summed E-state index contributed by atoms with van der Waals surface area (Å²) in [6.45, 7) is 3.38. The molecule has 0 unspecified atom stereocenters. The van der Waals surface area contributed by atoms with E-state index in [0.717, 1.165) is 18.5 Å². The van der Waals surface area contributed by atoms with E-state index in [4.69, 9.17) is 0 Å². The van der Waals surface area contributed by atoms with Gasteiger partial charge in [-0.05, 0) is 35.9 Å². The largest absolute Gasteiger partial charge is 0.363 e. The minimum absolute atomic E-state index is 0.109. The maximum Gasteiger partial charge on any atom is 0.363 e. The Kier molecular flexibility index (Phi) is 4.00. The van der Waals surface area contributed by atoms with E-state index >= 15 is 0 Å². The molecule has 0 amide bonds. The molecular weight excluding hydrogens is 182 g/mol. The van der Waals surface area contributed by atoms with E-state index in [2.05, 4.69) is 10.3 Å². The van der Waals surface area contributed by atoms with Gasteiger partial charge in [-0.2, -0.15) is 0 Å². The lowest BCUT2D eigenvalue weighted by Gasteiger charge is -2.03. The third-order valence-corrected chi connectivity index (χ3v) is 1.77. The van der Waals surface area contributed by atoms with Gasteiger partial charge in [-0.3, -0.25) is 0 Å². The van der Waals surface area contributed by atoms with Gasteiger partial charge in [-0.1, -0.05) is 5.57 Å². The SMILES string of the molecule is C\C1=C/C([N+](=O)[O-])=N\C=C\CCNC1. The van der Waals surface area contributed by atoms with Crippen LogP contribution >= 0.6 is 0 Å². The lowest BCUT2D eigenvalue weighted by atomic mass is 10.2. The summed E-state index contributed by atoms with van der Waals surface area (Å²) in [6.07, 6.45) is 5.62. The molecule has 1 aliphatic heterocycles. The number of aliphatic imine (C=N–C) groups is 1. The van der Waals surface area contributed by atoms with E-state index in [1.807, 2.05) is 13.0 Å². The fourth-order valence-electron chi connectivity index (χ4n) is 1.08. The minimum Gasteiger partial charge on any atom is -0.358 e. The number of nitrogens with zero attached hydrogens (tertiary/aromatic N) is 2. The van der Waals surface area contributed by atoms with Gasteiger partial charge in [0, 0.05) is 12.6 Å². The highest BCUT2D eigenvalue weighted by Crippen LogP contribution is 1.97. The molecule has 0 fully saturated rings. The summed E-state index contributed by atoms with van der Waals surface area (Å²) in [7, 11) is 0. The van der Waals surface area contributed by atoms with Crippen molar-refractivity contribution in [1.82, 2.24) is 5.32 Å². The second-order valence-corrected chi connectivity index (χ2v) is 3.09. The highest BCUT2D eigenvalue weighted by Gasteiger charge is 2.07. The summed E-state index contributed by atoms with van der Waals surface area (Å²) in [5, 5.41) is 13.7. The van der Waals surface area contributed by atoms with Crippen LogP contribution in [0.25, 0.3) is 0 Å². The molecule has 1 heterocycles. The lowest BCUT2D eigenvalue weighted by Crippen LogP contribution is -2.19. The Morgan fingerprint density at radius 2 is 2.43 bits per heavy atom. The third kappa shape index (κ3) is 3.49. The molecule has 14 heavy (non-hydrogen) atoms. The topological polar surface area (TPSA) is 67.5 Å². The number of hydrogen-bond acceptors (Lipinski definition) is 4. The summed E-state index contributed by atoms with van der Waals surface area (Å²) in [4.78, 5) is 13.8. The zero-order valence-corrected chi connectivity index (χ0v) is 8.06. The highest BCUT2D eigenvalue weighted by molar-refractivity contribution is 5.87. The van der Waals surface area contributed by atoms with Gasteiger partial charge in [0.2, 0.25) is 0 Å². The molecule has 0 saturated heterocycles. The molecule has 1 aliphatic rings. The molecule has 76 valence electrons. The average molecular weight is 195 g/mol. The molecule has 1 rings (SSSR count). The van der Waals surface area contributed by atoms with Crippen molar-refractivity contribution < 1.29 is 4.92 Å².